The van der Waals surface area contributed by atoms with Crippen LogP contribution in [0.5, 0.6) is 0 Å². The fourth-order valence-corrected chi connectivity index (χ4v) is 1.99. The monoisotopic (exact) mass is 189 g/mol. The molecular formula is C12H15NO. The van der Waals surface area contributed by atoms with E-state index in [1.165, 1.54) is 11.1 Å². The average molecular weight is 189 g/mol. The molecule has 0 atom stereocenters. The molecule has 1 aromatic carbocycles. The highest BCUT2D eigenvalue weighted by atomic mass is 16.2. The Labute approximate surface area is 84.5 Å². The van der Waals surface area contributed by atoms with Crippen molar-refractivity contribution in [3.05, 3.63) is 29.3 Å². The molecule has 0 aromatic heterocycles. The van der Waals surface area contributed by atoms with E-state index < -0.39 is 0 Å². The van der Waals surface area contributed by atoms with E-state index in [2.05, 4.69) is 25.1 Å². The van der Waals surface area contributed by atoms with Crippen LogP contribution in [0.3, 0.4) is 0 Å². The Hall–Kier alpha value is -1.31. The summed E-state index contributed by atoms with van der Waals surface area (Å²) in [6, 6.07) is 6.36. The maximum absolute atomic E-state index is 11.6. The Morgan fingerprint density at radius 2 is 2.14 bits per heavy atom. The number of fused-ring (bicyclic) bond motifs is 1. The molecule has 0 aliphatic carbocycles. The number of hydrogen-bond donors (Lipinski definition) is 0. The van der Waals surface area contributed by atoms with E-state index in [1.807, 2.05) is 11.8 Å². The third-order valence-electron chi connectivity index (χ3n) is 2.76. The Morgan fingerprint density at radius 3 is 2.86 bits per heavy atom. The molecule has 1 aliphatic heterocycles. The van der Waals surface area contributed by atoms with Gasteiger partial charge in [0.2, 0.25) is 5.91 Å². The predicted molar refractivity (Wildman–Crippen MR) is 57.5 cm³/mol. The van der Waals surface area contributed by atoms with E-state index >= 15 is 0 Å². The van der Waals surface area contributed by atoms with Crippen molar-refractivity contribution >= 4 is 11.6 Å². The summed E-state index contributed by atoms with van der Waals surface area (Å²) in [5.74, 6) is 0.255. The number of carbonyl (C=O) groups excluding carboxylic acids is 1. The van der Waals surface area contributed by atoms with Gasteiger partial charge in [0.1, 0.15) is 0 Å². The van der Waals surface area contributed by atoms with Crippen LogP contribution >= 0.6 is 0 Å². The molecule has 0 spiro atoms. The third-order valence-corrected chi connectivity index (χ3v) is 2.76. The number of carbonyl (C=O) groups is 1. The fourth-order valence-electron chi connectivity index (χ4n) is 1.99. The van der Waals surface area contributed by atoms with Crippen LogP contribution in [0.15, 0.2) is 18.2 Å². The van der Waals surface area contributed by atoms with Crippen LogP contribution in [0.25, 0.3) is 0 Å². The van der Waals surface area contributed by atoms with E-state index in [-0.39, 0.29) is 5.91 Å². The van der Waals surface area contributed by atoms with Crippen LogP contribution in [0, 0.1) is 6.92 Å². The van der Waals surface area contributed by atoms with Crippen LogP contribution in [0.2, 0.25) is 0 Å². The molecule has 0 unspecified atom stereocenters. The number of rotatable bonds is 1. The smallest absolute Gasteiger partial charge is 0.227 e. The Bertz CT molecular complexity index is 371. The molecule has 0 saturated heterocycles. The Balaban J connectivity index is 2.49. The topological polar surface area (TPSA) is 20.3 Å². The van der Waals surface area contributed by atoms with Gasteiger partial charge in [0.25, 0.3) is 0 Å². The highest BCUT2D eigenvalue weighted by Crippen LogP contribution is 2.28. The number of hydrogen-bond acceptors (Lipinski definition) is 1. The second-order valence-corrected chi connectivity index (χ2v) is 3.77. The average Bonchev–Trinajstić information content (AvgIpc) is 2.17. The molecule has 1 aliphatic rings. The molecule has 2 rings (SSSR count). The first-order valence-electron chi connectivity index (χ1n) is 5.12. The van der Waals surface area contributed by atoms with Crippen molar-refractivity contribution in [2.75, 3.05) is 11.4 Å². The summed E-state index contributed by atoms with van der Waals surface area (Å²) in [4.78, 5) is 13.5. The van der Waals surface area contributed by atoms with Crippen molar-refractivity contribution in [2.45, 2.75) is 26.7 Å². The molecule has 14 heavy (non-hydrogen) atoms. The van der Waals surface area contributed by atoms with Gasteiger partial charge < -0.3 is 4.90 Å². The lowest BCUT2D eigenvalue weighted by Crippen LogP contribution is -2.34. The van der Waals surface area contributed by atoms with E-state index in [0.29, 0.717) is 6.42 Å². The van der Waals surface area contributed by atoms with Crippen molar-refractivity contribution in [3.8, 4) is 0 Å². The van der Waals surface area contributed by atoms with Crippen molar-refractivity contribution in [2.24, 2.45) is 0 Å². The molecule has 0 fully saturated rings. The fraction of sp³-hybridized carbons (Fsp3) is 0.417. The second kappa shape index (κ2) is 3.45. The maximum Gasteiger partial charge on any atom is 0.227 e. The van der Waals surface area contributed by atoms with Crippen molar-refractivity contribution in [3.63, 3.8) is 0 Å². The standard InChI is InChI=1S/C12H15NO/c1-3-13-11-8-9(2)4-5-10(11)6-7-12(13)14/h4-5,8H,3,6-7H2,1-2H3. The summed E-state index contributed by atoms with van der Waals surface area (Å²) >= 11 is 0. The van der Waals surface area contributed by atoms with Crippen LogP contribution < -0.4 is 4.90 Å². The van der Waals surface area contributed by atoms with Gasteiger partial charge in [-0.3, -0.25) is 4.79 Å². The predicted octanol–water partition coefficient (Wildman–Crippen LogP) is 2.29. The number of aryl methyl sites for hydroxylation is 2. The van der Waals surface area contributed by atoms with Gasteiger partial charge in [-0.15, -0.1) is 0 Å². The lowest BCUT2D eigenvalue weighted by Gasteiger charge is -2.28. The molecule has 1 aromatic rings. The first kappa shape index (κ1) is 9.25. The van der Waals surface area contributed by atoms with Crippen molar-refractivity contribution in [1.29, 1.82) is 0 Å². The van der Waals surface area contributed by atoms with Crippen molar-refractivity contribution < 1.29 is 4.79 Å². The number of amides is 1. The minimum atomic E-state index is 0.255. The van der Waals surface area contributed by atoms with Gasteiger partial charge in [-0.25, -0.2) is 0 Å². The highest BCUT2D eigenvalue weighted by molar-refractivity contribution is 5.96. The summed E-state index contributed by atoms with van der Waals surface area (Å²) in [5.41, 5.74) is 3.64. The van der Waals surface area contributed by atoms with Gasteiger partial charge >= 0.3 is 0 Å². The minimum absolute atomic E-state index is 0.255. The molecule has 2 nitrogen and oxygen atoms in total. The van der Waals surface area contributed by atoms with E-state index in [9.17, 15) is 4.79 Å². The highest BCUT2D eigenvalue weighted by Gasteiger charge is 2.22. The molecule has 1 amide bonds. The van der Waals surface area contributed by atoms with Crippen molar-refractivity contribution in [1.82, 2.24) is 0 Å². The van der Waals surface area contributed by atoms with Crippen LogP contribution in [0.4, 0.5) is 5.69 Å². The molecule has 0 radical (unpaired) electrons. The number of anilines is 1. The number of nitrogens with zero attached hydrogens (tertiary/aromatic N) is 1. The maximum atomic E-state index is 11.6. The van der Waals surface area contributed by atoms with Gasteiger partial charge in [0.05, 0.1) is 0 Å². The third kappa shape index (κ3) is 1.41. The largest absolute Gasteiger partial charge is 0.312 e. The minimum Gasteiger partial charge on any atom is -0.312 e. The Morgan fingerprint density at radius 1 is 1.36 bits per heavy atom. The SMILES string of the molecule is CCN1C(=O)CCc2ccc(C)cc21. The zero-order valence-electron chi connectivity index (χ0n) is 8.71. The van der Waals surface area contributed by atoms with E-state index in [4.69, 9.17) is 0 Å². The van der Waals surface area contributed by atoms with Crippen LogP contribution in [-0.4, -0.2) is 12.5 Å². The molecule has 1 heterocycles. The zero-order valence-corrected chi connectivity index (χ0v) is 8.71. The normalized spacial score (nSPS) is 15.6. The molecule has 0 N–H and O–H groups in total. The lowest BCUT2D eigenvalue weighted by atomic mass is 9.99. The van der Waals surface area contributed by atoms with Gasteiger partial charge in [0.15, 0.2) is 0 Å². The Kier molecular flexibility index (Phi) is 2.28. The van der Waals surface area contributed by atoms with Crippen LogP contribution in [0.1, 0.15) is 24.5 Å². The first-order valence-corrected chi connectivity index (χ1v) is 5.12. The molecular weight excluding hydrogens is 174 g/mol. The van der Waals surface area contributed by atoms with Gasteiger partial charge in [0, 0.05) is 18.7 Å². The second-order valence-electron chi connectivity index (χ2n) is 3.77. The van der Waals surface area contributed by atoms with Crippen LogP contribution in [-0.2, 0) is 11.2 Å². The lowest BCUT2D eigenvalue weighted by molar-refractivity contribution is -0.118. The summed E-state index contributed by atoms with van der Waals surface area (Å²) in [5, 5.41) is 0. The summed E-state index contributed by atoms with van der Waals surface area (Å²) < 4.78 is 0. The van der Waals surface area contributed by atoms with E-state index in [1.54, 1.807) is 0 Å². The summed E-state index contributed by atoms with van der Waals surface area (Å²) in [6.07, 6.45) is 1.55. The number of benzene rings is 1. The summed E-state index contributed by atoms with van der Waals surface area (Å²) in [7, 11) is 0. The van der Waals surface area contributed by atoms with Gasteiger partial charge in [-0.2, -0.15) is 0 Å². The molecule has 2 heteroatoms. The zero-order chi connectivity index (χ0) is 10.1. The summed E-state index contributed by atoms with van der Waals surface area (Å²) in [6.45, 7) is 4.86. The molecule has 74 valence electrons. The quantitative estimate of drug-likeness (QED) is 0.663. The van der Waals surface area contributed by atoms with Gasteiger partial charge in [-0.05, 0) is 37.5 Å². The molecule has 0 bridgehead atoms. The van der Waals surface area contributed by atoms with Gasteiger partial charge in [-0.1, -0.05) is 12.1 Å². The molecule has 0 saturated carbocycles. The first-order chi connectivity index (χ1) is 6.72. The van der Waals surface area contributed by atoms with E-state index in [0.717, 1.165) is 18.7 Å².